The van der Waals surface area contributed by atoms with Crippen LogP contribution in [0.4, 0.5) is 8.78 Å². The molecule has 2 aromatic rings. The zero-order valence-electron chi connectivity index (χ0n) is 14.1. The Hall–Kier alpha value is -1.63. The SMILES string of the molecule is Cl.NC[C@@H]1CN(C(=O)c2ccccc2SC(F)F)C[C@H]1c1ccccc1. The number of hydrogen-bond acceptors (Lipinski definition) is 3. The van der Waals surface area contributed by atoms with Gasteiger partial charge in [-0.3, -0.25) is 4.79 Å². The van der Waals surface area contributed by atoms with E-state index in [9.17, 15) is 13.6 Å². The summed E-state index contributed by atoms with van der Waals surface area (Å²) in [5.74, 6) is -2.42. The summed E-state index contributed by atoms with van der Waals surface area (Å²) < 4.78 is 25.5. The number of carbonyl (C=O) groups is 1. The smallest absolute Gasteiger partial charge is 0.288 e. The standard InChI is InChI=1S/C19H20F2N2OS.ClH/c20-19(21)25-17-9-5-4-8-15(17)18(24)23-11-14(10-22)16(12-23)13-6-2-1-3-7-13;/h1-9,14,16,19H,10-12,22H2;1H/t14-,16+;/m1./s1. The Morgan fingerprint density at radius 2 is 1.77 bits per heavy atom. The molecule has 2 aromatic carbocycles. The van der Waals surface area contributed by atoms with E-state index in [1.165, 1.54) is 0 Å². The molecule has 3 rings (SSSR count). The molecule has 0 unspecified atom stereocenters. The molecule has 7 heteroatoms. The van der Waals surface area contributed by atoms with Crippen molar-refractivity contribution >= 4 is 30.1 Å². The minimum absolute atomic E-state index is 0. The highest BCUT2D eigenvalue weighted by atomic mass is 35.5. The lowest BCUT2D eigenvalue weighted by Crippen LogP contribution is -2.30. The molecular formula is C19H21ClF2N2OS. The van der Waals surface area contributed by atoms with Crippen molar-refractivity contribution in [1.29, 1.82) is 0 Å². The highest BCUT2D eigenvalue weighted by Gasteiger charge is 2.36. The Labute approximate surface area is 162 Å². The van der Waals surface area contributed by atoms with Crippen LogP contribution in [0.15, 0.2) is 59.5 Å². The first-order valence-corrected chi connectivity index (χ1v) is 9.06. The third kappa shape index (κ3) is 4.55. The van der Waals surface area contributed by atoms with Gasteiger partial charge in [0.05, 0.1) is 5.56 Å². The highest BCUT2D eigenvalue weighted by Crippen LogP contribution is 2.35. The highest BCUT2D eigenvalue weighted by molar-refractivity contribution is 7.99. The second-order valence-electron chi connectivity index (χ2n) is 6.10. The molecule has 1 amide bonds. The maximum absolute atomic E-state index is 12.9. The first-order chi connectivity index (χ1) is 12.1. The van der Waals surface area contributed by atoms with Crippen LogP contribution in [0, 0.1) is 5.92 Å². The van der Waals surface area contributed by atoms with Gasteiger partial charge in [-0.05, 0) is 30.2 Å². The van der Waals surface area contributed by atoms with E-state index in [0.717, 1.165) is 5.56 Å². The van der Waals surface area contributed by atoms with Crippen LogP contribution in [0.2, 0.25) is 0 Å². The van der Waals surface area contributed by atoms with Crippen molar-refractivity contribution in [1.82, 2.24) is 4.90 Å². The van der Waals surface area contributed by atoms with Gasteiger partial charge in [0.15, 0.2) is 0 Å². The summed E-state index contributed by atoms with van der Waals surface area (Å²) in [7, 11) is 0. The number of hydrogen-bond donors (Lipinski definition) is 1. The Balaban J connectivity index is 0.00000243. The van der Waals surface area contributed by atoms with Gasteiger partial charge in [0.1, 0.15) is 0 Å². The van der Waals surface area contributed by atoms with Gasteiger partial charge in [0.2, 0.25) is 0 Å². The van der Waals surface area contributed by atoms with Gasteiger partial charge in [0.25, 0.3) is 11.7 Å². The Kier molecular flexibility index (Phi) is 7.43. The fourth-order valence-electron chi connectivity index (χ4n) is 3.37. The molecule has 2 atom stereocenters. The normalized spacial score (nSPS) is 19.5. The largest absolute Gasteiger partial charge is 0.338 e. The van der Waals surface area contributed by atoms with Crippen molar-refractivity contribution in [2.45, 2.75) is 16.6 Å². The maximum Gasteiger partial charge on any atom is 0.288 e. The van der Waals surface area contributed by atoms with Gasteiger partial charge >= 0.3 is 0 Å². The third-order valence-electron chi connectivity index (χ3n) is 4.59. The number of amides is 1. The monoisotopic (exact) mass is 398 g/mol. The van der Waals surface area contributed by atoms with E-state index in [2.05, 4.69) is 0 Å². The topological polar surface area (TPSA) is 46.3 Å². The molecule has 0 aromatic heterocycles. The van der Waals surface area contributed by atoms with Crippen LogP contribution >= 0.6 is 24.2 Å². The van der Waals surface area contributed by atoms with Gasteiger partial charge in [0, 0.05) is 23.9 Å². The first-order valence-electron chi connectivity index (χ1n) is 8.18. The molecule has 140 valence electrons. The number of alkyl halides is 2. The molecule has 1 heterocycles. The number of nitrogens with zero attached hydrogens (tertiary/aromatic N) is 1. The quantitative estimate of drug-likeness (QED) is 0.766. The van der Waals surface area contributed by atoms with E-state index >= 15 is 0 Å². The molecule has 1 aliphatic rings. The lowest BCUT2D eigenvalue weighted by Gasteiger charge is -2.18. The van der Waals surface area contributed by atoms with Crippen molar-refractivity contribution in [3.05, 3.63) is 65.7 Å². The fraction of sp³-hybridized carbons (Fsp3) is 0.316. The Morgan fingerprint density at radius 1 is 1.12 bits per heavy atom. The van der Waals surface area contributed by atoms with E-state index in [1.807, 2.05) is 30.3 Å². The van der Waals surface area contributed by atoms with Crippen molar-refractivity contribution in [3.63, 3.8) is 0 Å². The van der Waals surface area contributed by atoms with Crippen LogP contribution in [0.5, 0.6) is 0 Å². The van der Waals surface area contributed by atoms with Gasteiger partial charge in [-0.2, -0.15) is 8.78 Å². The summed E-state index contributed by atoms with van der Waals surface area (Å²) in [5.41, 5.74) is 7.40. The molecular weight excluding hydrogens is 378 g/mol. The molecule has 1 fully saturated rings. The van der Waals surface area contributed by atoms with E-state index < -0.39 is 5.76 Å². The van der Waals surface area contributed by atoms with Crippen molar-refractivity contribution < 1.29 is 13.6 Å². The number of carbonyl (C=O) groups excluding carboxylic acids is 1. The van der Waals surface area contributed by atoms with Crippen molar-refractivity contribution in [3.8, 4) is 0 Å². The van der Waals surface area contributed by atoms with E-state index in [4.69, 9.17) is 5.73 Å². The van der Waals surface area contributed by atoms with Crippen LogP contribution in [0.3, 0.4) is 0 Å². The molecule has 0 radical (unpaired) electrons. The number of likely N-dealkylation sites (tertiary alicyclic amines) is 1. The predicted octanol–water partition coefficient (Wildman–Crippen LogP) is 4.24. The molecule has 0 bridgehead atoms. The van der Waals surface area contributed by atoms with Gasteiger partial charge in [-0.1, -0.05) is 54.2 Å². The summed E-state index contributed by atoms with van der Waals surface area (Å²) in [5, 5.41) is 0. The van der Waals surface area contributed by atoms with E-state index in [0.29, 0.717) is 41.9 Å². The zero-order valence-corrected chi connectivity index (χ0v) is 15.7. The van der Waals surface area contributed by atoms with Crippen LogP contribution in [0.1, 0.15) is 21.8 Å². The number of thioether (sulfide) groups is 1. The van der Waals surface area contributed by atoms with E-state index in [-0.39, 0.29) is 30.2 Å². The first kappa shape index (κ1) is 20.7. The van der Waals surface area contributed by atoms with Crippen molar-refractivity contribution in [2.24, 2.45) is 11.7 Å². The van der Waals surface area contributed by atoms with Gasteiger partial charge in [-0.15, -0.1) is 12.4 Å². The number of nitrogens with two attached hydrogens (primary N) is 1. The summed E-state index contributed by atoms with van der Waals surface area (Å²) >= 11 is 0.410. The zero-order chi connectivity index (χ0) is 17.8. The minimum Gasteiger partial charge on any atom is -0.338 e. The summed E-state index contributed by atoms with van der Waals surface area (Å²) in [6, 6.07) is 16.5. The molecule has 3 nitrogen and oxygen atoms in total. The van der Waals surface area contributed by atoms with Gasteiger partial charge in [-0.25, -0.2) is 0 Å². The van der Waals surface area contributed by atoms with Crippen LogP contribution in [-0.2, 0) is 0 Å². The molecule has 1 saturated heterocycles. The predicted molar refractivity (Wildman–Crippen MR) is 103 cm³/mol. The van der Waals surface area contributed by atoms with Crippen LogP contribution in [0.25, 0.3) is 0 Å². The van der Waals surface area contributed by atoms with E-state index in [1.54, 1.807) is 29.2 Å². The maximum atomic E-state index is 12.9. The number of rotatable bonds is 5. The summed E-state index contributed by atoms with van der Waals surface area (Å²) in [6.45, 7) is 1.58. The molecule has 0 spiro atoms. The average molecular weight is 399 g/mol. The molecule has 26 heavy (non-hydrogen) atoms. The third-order valence-corrected chi connectivity index (χ3v) is 5.38. The second-order valence-corrected chi connectivity index (χ2v) is 7.13. The number of halogens is 3. The van der Waals surface area contributed by atoms with Gasteiger partial charge < -0.3 is 10.6 Å². The average Bonchev–Trinajstić information content (AvgIpc) is 3.06. The fourth-order valence-corrected chi connectivity index (χ4v) is 4.00. The molecule has 0 saturated carbocycles. The summed E-state index contributed by atoms with van der Waals surface area (Å²) in [4.78, 5) is 15.0. The Morgan fingerprint density at radius 3 is 2.42 bits per heavy atom. The minimum atomic E-state index is -2.55. The molecule has 0 aliphatic carbocycles. The molecule has 2 N–H and O–H groups in total. The lowest BCUT2D eigenvalue weighted by atomic mass is 9.89. The van der Waals surface area contributed by atoms with Crippen LogP contribution in [-0.4, -0.2) is 36.2 Å². The lowest BCUT2D eigenvalue weighted by molar-refractivity contribution is 0.0783. The summed E-state index contributed by atoms with van der Waals surface area (Å²) in [6.07, 6.45) is 0. The van der Waals surface area contributed by atoms with Crippen LogP contribution < -0.4 is 5.73 Å². The number of benzene rings is 2. The molecule has 1 aliphatic heterocycles. The van der Waals surface area contributed by atoms with Crippen molar-refractivity contribution in [2.75, 3.05) is 19.6 Å². The second kappa shape index (κ2) is 9.35. The Bertz CT molecular complexity index is 732.